The molecule has 1 aliphatic heterocycles. The molecule has 0 aromatic heterocycles. The van der Waals surface area contributed by atoms with Gasteiger partial charge in [-0.2, -0.15) is 0 Å². The van der Waals surface area contributed by atoms with Crippen LogP contribution in [0, 0.1) is 0 Å². The smallest absolute Gasteiger partial charge is 0.236 e. The Morgan fingerprint density at radius 3 is 2.80 bits per heavy atom. The average Bonchev–Trinajstić information content (AvgIpc) is 3.14. The maximum atomic E-state index is 12.2. The highest BCUT2D eigenvalue weighted by molar-refractivity contribution is 5.78. The second-order valence-corrected chi connectivity index (χ2v) is 5.84. The van der Waals surface area contributed by atoms with Crippen molar-refractivity contribution in [2.45, 2.75) is 31.2 Å². The number of aryl methyl sites for hydroxylation is 1. The number of likely N-dealkylation sites (tertiary alicyclic amines) is 1. The Balaban J connectivity index is 1.70. The Morgan fingerprint density at radius 2 is 2.05 bits per heavy atom. The largest absolute Gasteiger partial charge is 0.394 e. The first-order valence-corrected chi connectivity index (χ1v) is 7.47. The second kappa shape index (κ2) is 5.54. The highest BCUT2D eigenvalue weighted by atomic mass is 16.3. The van der Waals surface area contributed by atoms with E-state index in [0.29, 0.717) is 6.54 Å². The minimum absolute atomic E-state index is 0.0390. The number of carbonyl (C=O) groups is 1. The molecule has 1 heterocycles. The van der Waals surface area contributed by atoms with E-state index in [-0.39, 0.29) is 12.5 Å². The first-order chi connectivity index (χ1) is 9.75. The SMILES string of the molecule is O=C(CNC1(CO)CCc2ccccc21)N1CCCC1. The topological polar surface area (TPSA) is 52.6 Å². The van der Waals surface area contributed by atoms with E-state index in [9.17, 15) is 9.90 Å². The van der Waals surface area contributed by atoms with Gasteiger partial charge in [-0.05, 0) is 36.8 Å². The van der Waals surface area contributed by atoms with E-state index in [1.807, 2.05) is 17.0 Å². The van der Waals surface area contributed by atoms with E-state index in [0.717, 1.165) is 44.3 Å². The van der Waals surface area contributed by atoms with E-state index in [1.165, 1.54) is 5.56 Å². The van der Waals surface area contributed by atoms with Crippen molar-refractivity contribution in [1.29, 1.82) is 0 Å². The number of rotatable bonds is 4. The Bertz CT molecular complexity index is 497. The molecule has 1 aliphatic carbocycles. The molecule has 20 heavy (non-hydrogen) atoms. The molecule has 1 amide bonds. The molecule has 3 rings (SSSR count). The van der Waals surface area contributed by atoms with Crippen LogP contribution in [-0.2, 0) is 16.8 Å². The fourth-order valence-electron chi connectivity index (χ4n) is 3.41. The Morgan fingerprint density at radius 1 is 1.30 bits per heavy atom. The van der Waals surface area contributed by atoms with Gasteiger partial charge in [0.05, 0.1) is 18.7 Å². The van der Waals surface area contributed by atoms with Crippen molar-refractivity contribution in [1.82, 2.24) is 10.2 Å². The third-order valence-corrected chi connectivity index (χ3v) is 4.66. The Hall–Kier alpha value is -1.39. The summed E-state index contributed by atoms with van der Waals surface area (Å²) in [5.74, 6) is 0.153. The quantitative estimate of drug-likeness (QED) is 0.862. The van der Waals surface area contributed by atoms with Crippen LogP contribution in [0.3, 0.4) is 0 Å². The van der Waals surface area contributed by atoms with E-state index >= 15 is 0 Å². The number of fused-ring (bicyclic) bond motifs is 1. The van der Waals surface area contributed by atoms with Gasteiger partial charge in [-0.15, -0.1) is 0 Å². The number of hydrogen-bond acceptors (Lipinski definition) is 3. The third-order valence-electron chi connectivity index (χ3n) is 4.66. The molecule has 0 bridgehead atoms. The van der Waals surface area contributed by atoms with Crippen LogP contribution in [0.1, 0.15) is 30.4 Å². The molecule has 1 aromatic carbocycles. The molecule has 1 fully saturated rings. The molecule has 0 spiro atoms. The van der Waals surface area contributed by atoms with Crippen LogP contribution in [-0.4, -0.2) is 42.2 Å². The highest BCUT2D eigenvalue weighted by Gasteiger charge is 2.38. The predicted molar refractivity (Wildman–Crippen MR) is 77.3 cm³/mol. The lowest BCUT2D eigenvalue weighted by atomic mass is 9.92. The Labute approximate surface area is 119 Å². The normalized spacial score (nSPS) is 24.9. The van der Waals surface area contributed by atoms with Gasteiger partial charge in [-0.1, -0.05) is 24.3 Å². The molecule has 108 valence electrons. The summed E-state index contributed by atoms with van der Waals surface area (Å²) < 4.78 is 0. The zero-order valence-electron chi connectivity index (χ0n) is 11.8. The first kappa shape index (κ1) is 13.6. The highest BCUT2D eigenvalue weighted by Crippen LogP contribution is 2.36. The zero-order chi connectivity index (χ0) is 14.0. The summed E-state index contributed by atoms with van der Waals surface area (Å²) in [6.07, 6.45) is 4.04. The van der Waals surface area contributed by atoms with Crippen molar-refractivity contribution in [3.8, 4) is 0 Å². The number of aliphatic hydroxyl groups is 1. The zero-order valence-corrected chi connectivity index (χ0v) is 11.8. The molecule has 4 heteroatoms. The van der Waals surface area contributed by atoms with Gasteiger partial charge < -0.3 is 10.0 Å². The van der Waals surface area contributed by atoms with Crippen molar-refractivity contribution >= 4 is 5.91 Å². The number of nitrogens with one attached hydrogen (secondary N) is 1. The third kappa shape index (κ3) is 2.34. The molecule has 1 saturated heterocycles. The first-order valence-electron chi connectivity index (χ1n) is 7.47. The predicted octanol–water partition coefficient (Wildman–Crippen LogP) is 1.03. The summed E-state index contributed by atoms with van der Waals surface area (Å²) in [6, 6.07) is 8.20. The minimum Gasteiger partial charge on any atom is -0.394 e. The van der Waals surface area contributed by atoms with Crippen LogP contribution < -0.4 is 5.32 Å². The van der Waals surface area contributed by atoms with Crippen LogP contribution in [0.5, 0.6) is 0 Å². The molecule has 1 aromatic rings. The van der Waals surface area contributed by atoms with Gasteiger partial charge in [-0.25, -0.2) is 0 Å². The summed E-state index contributed by atoms with van der Waals surface area (Å²) in [5.41, 5.74) is 1.99. The van der Waals surface area contributed by atoms with E-state index in [4.69, 9.17) is 0 Å². The summed E-state index contributed by atoms with van der Waals surface area (Å²) in [6.45, 7) is 2.11. The standard InChI is InChI=1S/C16H22N2O2/c19-12-16(8-7-13-5-1-2-6-14(13)16)17-11-15(20)18-9-3-4-10-18/h1-2,5-6,17,19H,3-4,7-12H2. The minimum atomic E-state index is -0.439. The van der Waals surface area contributed by atoms with Gasteiger partial charge >= 0.3 is 0 Å². The molecule has 4 nitrogen and oxygen atoms in total. The van der Waals surface area contributed by atoms with Crippen LogP contribution in [0.2, 0.25) is 0 Å². The molecular weight excluding hydrogens is 252 g/mol. The lowest BCUT2D eigenvalue weighted by molar-refractivity contribution is -0.129. The van der Waals surface area contributed by atoms with E-state index in [1.54, 1.807) is 0 Å². The van der Waals surface area contributed by atoms with Crippen LogP contribution >= 0.6 is 0 Å². The molecule has 2 N–H and O–H groups in total. The van der Waals surface area contributed by atoms with Gasteiger partial charge in [0.2, 0.25) is 5.91 Å². The lowest BCUT2D eigenvalue weighted by Crippen LogP contribution is -2.48. The maximum Gasteiger partial charge on any atom is 0.236 e. The summed E-state index contributed by atoms with van der Waals surface area (Å²) in [4.78, 5) is 14.1. The van der Waals surface area contributed by atoms with Gasteiger partial charge in [0.1, 0.15) is 0 Å². The van der Waals surface area contributed by atoms with Crippen molar-refractivity contribution in [2.24, 2.45) is 0 Å². The fraction of sp³-hybridized carbons (Fsp3) is 0.562. The summed E-state index contributed by atoms with van der Waals surface area (Å²) in [7, 11) is 0. The van der Waals surface area contributed by atoms with Gasteiger partial charge in [0, 0.05) is 13.1 Å². The van der Waals surface area contributed by atoms with Gasteiger partial charge in [0.25, 0.3) is 0 Å². The van der Waals surface area contributed by atoms with E-state index < -0.39 is 5.54 Å². The number of hydrogen-bond donors (Lipinski definition) is 2. The molecular formula is C16H22N2O2. The molecule has 0 radical (unpaired) electrons. The van der Waals surface area contributed by atoms with Crippen molar-refractivity contribution in [2.75, 3.05) is 26.2 Å². The maximum absolute atomic E-state index is 12.2. The van der Waals surface area contributed by atoms with Gasteiger partial charge in [0.15, 0.2) is 0 Å². The number of aliphatic hydroxyl groups excluding tert-OH is 1. The number of amides is 1. The van der Waals surface area contributed by atoms with Gasteiger partial charge in [-0.3, -0.25) is 10.1 Å². The molecule has 1 atom stereocenters. The molecule has 0 saturated carbocycles. The average molecular weight is 274 g/mol. The number of carbonyl (C=O) groups excluding carboxylic acids is 1. The summed E-state index contributed by atoms with van der Waals surface area (Å²) >= 11 is 0. The van der Waals surface area contributed by atoms with Crippen LogP contribution in [0.4, 0.5) is 0 Å². The lowest BCUT2D eigenvalue weighted by Gasteiger charge is -2.30. The second-order valence-electron chi connectivity index (χ2n) is 5.84. The van der Waals surface area contributed by atoms with Crippen molar-refractivity contribution in [3.63, 3.8) is 0 Å². The summed E-state index contributed by atoms with van der Waals surface area (Å²) in [5, 5.41) is 13.2. The van der Waals surface area contributed by atoms with Crippen molar-refractivity contribution < 1.29 is 9.90 Å². The fourth-order valence-corrected chi connectivity index (χ4v) is 3.41. The van der Waals surface area contributed by atoms with Crippen LogP contribution in [0.25, 0.3) is 0 Å². The van der Waals surface area contributed by atoms with E-state index in [2.05, 4.69) is 17.4 Å². The monoisotopic (exact) mass is 274 g/mol. The van der Waals surface area contributed by atoms with Crippen molar-refractivity contribution in [3.05, 3.63) is 35.4 Å². The number of benzene rings is 1. The Kier molecular flexibility index (Phi) is 3.76. The molecule has 1 unspecified atom stereocenters. The number of nitrogens with zero attached hydrogens (tertiary/aromatic N) is 1. The van der Waals surface area contributed by atoms with Crippen LogP contribution in [0.15, 0.2) is 24.3 Å². The molecule has 2 aliphatic rings.